The number of rotatable bonds is 5. The van der Waals surface area contributed by atoms with E-state index in [-0.39, 0.29) is 24.6 Å². The summed E-state index contributed by atoms with van der Waals surface area (Å²) in [6, 6.07) is 7.04. The first-order valence-corrected chi connectivity index (χ1v) is 6.40. The number of nitrogens with zero attached hydrogens (tertiary/aromatic N) is 1. The minimum absolute atomic E-state index is 0.0236. The predicted octanol–water partition coefficient (Wildman–Crippen LogP) is 3.16. The second-order valence-electron chi connectivity index (χ2n) is 4.75. The van der Waals surface area contributed by atoms with Gasteiger partial charge in [0.15, 0.2) is 5.78 Å². The summed E-state index contributed by atoms with van der Waals surface area (Å²) in [6.45, 7) is 7.47. The minimum atomic E-state index is -0.0236. The highest BCUT2D eigenvalue weighted by atomic mass is 16.5. The molecule has 0 amide bonds. The first-order valence-electron chi connectivity index (χ1n) is 6.40. The van der Waals surface area contributed by atoms with Crippen LogP contribution in [0.4, 0.5) is 0 Å². The zero-order valence-electron chi connectivity index (χ0n) is 11.6. The molecule has 4 nitrogen and oxygen atoms in total. The lowest BCUT2D eigenvalue weighted by atomic mass is 10.1. The summed E-state index contributed by atoms with van der Waals surface area (Å²) in [5.74, 6) is 0.492. The van der Waals surface area contributed by atoms with Crippen LogP contribution in [-0.4, -0.2) is 22.5 Å². The molecule has 0 aliphatic carbocycles. The predicted molar refractivity (Wildman–Crippen MR) is 78.1 cm³/mol. The summed E-state index contributed by atoms with van der Waals surface area (Å²) >= 11 is 0. The number of carbonyl (C=O) groups excluding carboxylic acids is 1. The van der Waals surface area contributed by atoms with Crippen LogP contribution in [0.3, 0.4) is 0 Å². The van der Waals surface area contributed by atoms with E-state index in [4.69, 9.17) is 4.74 Å². The Morgan fingerprint density at radius 2 is 2.10 bits per heavy atom. The summed E-state index contributed by atoms with van der Waals surface area (Å²) in [5, 5.41) is 10.7. The molecule has 1 heterocycles. The van der Waals surface area contributed by atoms with Gasteiger partial charge in [0.2, 0.25) is 5.88 Å². The van der Waals surface area contributed by atoms with Crippen LogP contribution in [0, 0.1) is 6.92 Å². The molecule has 0 atom stereocenters. The molecule has 104 valence electrons. The highest BCUT2D eigenvalue weighted by molar-refractivity contribution is 5.94. The number of phenols is 1. The number of aryl methyl sites for hydroxylation is 1. The topological polar surface area (TPSA) is 59.4 Å². The Labute approximate surface area is 117 Å². The minimum Gasteiger partial charge on any atom is -0.506 e. The van der Waals surface area contributed by atoms with E-state index < -0.39 is 0 Å². The molecule has 0 saturated carbocycles. The number of pyridine rings is 1. The lowest BCUT2D eigenvalue weighted by Gasteiger charge is -2.08. The van der Waals surface area contributed by atoms with Gasteiger partial charge in [-0.3, -0.25) is 4.79 Å². The highest BCUT2D eigenvalue weighted by Gasteiger charge is 2.07. The largest absolute Gasteiger partial charge is 0.506 e. The van der Waals surface area contributed by atoms with Gasteiger partial charge in [-0.1, -0.05) is 12.6 Å². The van der Waals surface area contributed by atoms with Crippen LogP contribution in [0.2, 0.25) is 0 Å². The zero-order valence-corrected chi connectivity index (χ0v) is 11.6. The normalized spacial score (nSPS) is 10.5. The van der Waals surface area contributed by atoms with E-state index in [1.807, 2.05) is 19.1 Å². The van der Waals surface area contributed by atoms with Crippen LogP contribution in [0.25, 0.3) is 10.9 Å². The Bertz CT molecular complexity index is 677. The van der Waals surface area contributed by atoms with Gasteiger partial charge < -0.3 is 9.84 Å². The number of fused-ring (bicyclic) bond motifs is 1. The van der Waals surface area contributed by atoms with Gasteiger partial charge in [-0.25, -0.2) is 4.98 Å². The van der Waals surface area contributed by atoms with Gasteiger partial charge in [0, 0.05) is 17.9 Å². The van der Waals surface area contributed by atoms with Gasteiger partial charge in [0.05, 0.1) is 6.61 Å². The number of carbonyl (C=O) groups is 1. The van der Waals surface area contributed by atoms with Crippen molar-refractivity contribution in [1.82, 2.24) is 4.98 Å². The van der Waals surface area contributed by atoms with E-state index in [9.17, 15) is 9.90 Å². The maximum Gasteiger partial charge on any atom is 0.213 e. The molecule has 0 fully saturated rings. The van der Waals surface area contributed by atoms with Crippen molar-refractivity contribution in [3.63, 3.8) is 0 Å². The fourth-order valence-electron chi connectivity index (χ4n) is 1.87. The second kappa shape index (κ2) is 5.74. The van der Waals surface area contributed by atoms with Gasteiger partial charge in [-0.2, -0.15) is 0 Å². The first kappa shape index (κ1) is 14.1. The van der Waals surface area contributed by atoms with E-state index in [2.05, 4.69) is 11.6 Å². The van der Waals surface area contributed by atoms with Gasteiger partial charge in [0.25, 0.3) is 0 Å². The molecule has 20 heavy (non-hydrogen) atoms. The van der Waals surface area contributed by atoms with Crippen molar-refractivity contribution >= 4 is 16.7 Å². The lowest BCUT2D eigenvalue weighted by Crippen LogP contribution is -2.07. The quantitative estimate of drug-likeness (QED) is 0.849. The molecule has 2 rings (SSSR count). The molecule has 1 aromatic carbocycles. The Kier molecular flexibility index (Phi) is 4.03. The van der Waals surface area contributed by atoms with E-state index in [1.54, 1.807) is 19.1 Å². The molecule has 2 aromatic rings. The third kappa shape index (κ3) is 2.96. The number of allylic oxidation sites excluding steroid dienone is 1. The van der Waals surface area contributed by atoms with Gasteiger partial charge in [0.1, 0.15) is 11.3 Å². The van der Waals surface area contributed by atoms with Crippen molar-refractivity contribution in [2.24, 2.45) is 0 Å². The molecular weight excluding hydrogens is 254 g/mol. The molecule has 0 unspecified atom stereocenters. The van der Waals surface area contributed by atoms with E-state index in [0.29, 0.717) is 17.0 Å². The Balaban J connectivity index is 2.14. The summed E-state index contributed by atoms with van der Waals surface area (Å²) in [7, 11) is 0. The molecule has 0 radical (unpaired) electrons. The molecular formula is C16H17NO3. The molecule has 0 aliphatic heterocycles. The Hall–Kier alpha value is -2.36. The number of benzene rings is 1. The molecule has 0 spiro atoms. The van der Waals surface area contributed by atoms with Crippen LogP contribution in [0.5, 0.6) is 11.6 Å². The average Bonchev–Trinajstić information content (AvgIpc) is 2.43. The van der Waals surface area contributed by atoms with E-state index in [0.717, 1.165) is 10.9 Å². The van der Waals surface area contributed by atoms with Crippen LogP contribution < -0.4 is 4.74 Å². The Morgan fingerprint density at radius 3 is 2.80 bits per heavy atom. The number of ether oxygens (including phenoxy) is 1. The Morgan fingerprint density at radius 1 is 1.35 bits per heavy atom. The molecule has 0 bridgehead atoms. The van der Waals surface area contributed by atoms with Crippen molar-refractivity contribution in [3.8, 4) is 11.6 Å². The number of aromatic hydroxyl groups is 1. The van der Waals surface area contributed by atoms with Crippen LogP contribution in [0.15, 0.2) is 36.4 Å². The van der Waals surface area contributed by atoms with Crippen LogP contribution >= 0.6 is 0 Å². The summed E-state index contributed by atoms with van der Waals surface area (Å²) in [4.78, 5) is 15.7. The SMILES string of the molecule is C=C(C)C(=O)CCOc1ccc2c(C)ccc(O)c2n1. The third-order valence-electron chi connectivity index (χ3n) is 3.08. The smallest absolute Gasteiger partial charge is 0.213 e. The summed E-state index contributed by atoms with van der Waals surface area (Å²) in [5.41, 5.74) is 2.07. The van der Waals surface area contributed by atoms with E-state index in [1.165, 1.54) is 0 Å². The number of hydrogen-bond donors (Lipinski definition) is 1. The van der Waals surface area contributed by atoms with Crippen molar-refractivity contribution in [2.45, 2.75) is 20.3 Å². The zero-order chi connectivity index (χ0) is 14.7. The van der Waals surface area contributed by atoms with E-state index >= 15 is 0 Å². The second-order valence-corrected chi connectivity index (χ2v) is 4.75. The van der Waals surface area contributed by atoms with Crippen molar-refractivity contribution in [3.05, 3.63) is 42.0 Å². The molecule has 4 heteroatoms. The average molecular weight is 271 g/mol. The number of Topliss-reactive ketones (excluding diaryl/α,β-unsaturated/α-hetero) is 1. The maximum atomic E-state index is 11.4. The molecule has 0 saturated heterocycles. The van der Waals surface area contributed by atoms with Crippen LogP contribution in [0.1, 0.15) is 18.9 Å². The third-order valence-corrected chi connectivity index (χ3v) is 3.08. The molecule has 0 aliphatic rings. The first-order chi connectivity index (χ1) is 9.49. The fraction of sp³-hybridized carbons (Fsp3) is 0.250. The standard InChI is InChI=1S/C16H17NO3/c1-10(2)13(18)8-9-20-15-7-5-12-11(3)4-6-14(19)16(12)17-15/h4-7,19H,1,8-9H2,2-3H3. The van der Waals surface area contributed by atoms with Crippen molar-refractivity contribution in [1.29, 1.82) is 0 Å². The van der Waals surface area contributed by atoms with Crippen molar-refractivity contribution in [2.75, 3.05) is 6.61 Å². The molecule has 1 aromatic heterocycles. The number of aromatic nitrogens is 1. The molecule has 1 N–H and O–H groups in total. The lowest BCUT2D eigenvalue weighted by molar-refractivity contribution is -0.115. The fourth-order valence-corrected chi connectivity index (χ4v) is 1.87. The summed E-state index contributed by atoms with van der Waals surface area (Å²) < 4.78 is 5.45. The maximum absolute atomic E-state index is 11.4. The highest BCUT2D eigenvalue weighted by Crippen LogP contribution is 2.27. The van der Waals surface area contributed by atoms with Gasteiger partial charge >= 0.3 is 0 Å². The number of hydrogen-bond acceptors (Lipinski definition) is 4. The van der Waals surface area contributed by atoms with Crippen molar-refractivity contribution < 1.29 is 14.6 Å². The summed E-state index contributed by atoms with van der Waals surface area (Å²) in [6.07, 6.45) is 0.273. The monoisotopic (exact) mass is 271 g/mol. The van der Waals surface area contributed by atoms with Gasteiger partial charge in [-0.15, -0.1) is 0 Å². The van der Waals surface area contributed by atoms with Gasteiger partial charge in [-0.05, 0) is 37.1 Å². The number of ketones is 1. The number of phenolic OH excluding ortho intramolecular Hbond substituents is 1. The van der Waals surface area contributed by atoms with Crippen LogP contribution in [-0.2, 0) is 4.79 Å².